The minimum Gasteiger partial charge on any atom is -0.457 e. The molecule has 2 fully saturated rings. The lowest BCUT2D eigenvalue weighted by Gasteiger charge is -2.47. The number of rotatable bonds is 23. The first-order valence-corrected chi connectivity index (χ1v) is 23.1. The minimum atomic E-state index is -1.43. The van der Waals surface area contributed by atoms with E-state index in [0.717, 1.165) is 33.4 Å². The molecule has 6 aromatic carbocycles. The highest BCUT2D eigenvalue weighted by molar-refractivity contribution is 5.66. The van der Waals surface area contributed by atoms with Gasteiger partial charge in [-0.3, -0.25) is 4.79 Å². The first-order valence-electron chi connectivity index (χ1n) is 23.1. The molecule has 0 unspecified atom stereocenters. The molecule has 0 bridgehead atoms. The van der Waals surface area contributed by atoms with Crippen molar-refractivity contribution in [2.75, 3.05) is 13.2 Å². The summed E-state index contributed by atoms with van der Waals surface area (Å²) in [7, 11) is 0. The van der Waals surface area contributed by atoms with Gasteiger partial charge in [-0.15, -0.1) is 0 Å². The van der Waals surface area contributed by atoms with E-state index in [4.69, 9.17) is 47.4 Å². The molecule has 1 N–H and O–H groups in total. The molecule has 0 radical (unpaired) electrons. The van der Waals surface area contributed by atoms with Crippen LogP contribution in [-0.2, 0) is 91.8 Å². The predicted octanol–water partition coefficient (Wildman–Crippen LogP) is 8.52. The van der Waals surface area contributed by atoms with Crippen molar-refractivity contribution in [2.24, 2.45) is 0 Å². The maximum Gasteiger partial charge on any atom is 0.303 e. The Morgan fingerprint density at radius 2 is 0.735 bits per heavy atom. The maximum absolute atomic E-state index is 12.9. The minimum absolute atomic E-state index is 0.0284. The Bertz CT molecular complexity index is 2330. The zero-order valence-corrected chi connectivity index (χ0v) is 38.2. The monoisotopic (exact) mass is 924 g/mol. The van der Waals surface area contributed by atoms with E-state index in [9.17, 15) is 9.90 Å². The van der Waals surface area contributed by atoms with Gasteiger partial charge in [0.05, 0.1) is 52.9 Å². The molecule has 0 saturated carbocycles. The number of esters is 1. The van der Waals surface area contributed by atoms with E-state index in [1.54, 1.807) is 0 Å². The second-order valence-corrected chi connectivity index (χ2v) is 16.8. The van der Waals surface area contributed by atoms with Crippen molar-refractivity contribution in [2.45, 2.75) is 108 Å². The number of carbonyl (C=O) groups excluding carboxylic acids is 1. The first-order chi connectivity index (χ1) is 33.5. The van der Waals surface area contributed by atoms with Gasteiger partial charge in [0.15, 0.2) is 18.7 Å². The van der Waals surface area contributed by atoms with Gasteiger partial charge >= 0.3 is 5.97 Å². The van der Waals surface area contributed by atoms with Gasteiger partial charge in [-0.1, -0.05) is 182 Å². The van der Waals surface area contributed by atoms with Gasteiger partial charge in [0.2, 0.25) is 0 Å². The molecule has 12 heteroatoms. The number of aliphatic hydroxyl groups excluding tert-OH is 1. The van der Waals surface area contributed by atoms with Crippen molar-refractivity contribution >= 4 is 5.97 Å². The summed E-state index contributed by atoms with van der Waals surface area (Å²) < 4.78 is 65.9. The van der Waals surface area contributed by atoms with Crippen LogP contribution >= 0.6 is 0 Å². The number of aliphatic hydroxyl groups is 1. The van der Waals surface area contributed by atoms with Gasteiger partial charge in [0.1, 0.15) is 42.7 Å². The molecule has 356 valence electrons. The van der Waals surface area contributed by atoms with Crippen LogP contribution in [0, 0.1) is 0 Å². The average molecular weight is 925 g/mol. The highest BCUT2D eigenvalue weighted by atomic mass is 16.7. The molecule has 2 saturated heterocycles. The lowest BCUT2D eigenvalue weighted by Crippen LogP contribution is -2.64. The molecular weight excluding hydrogens is 865 g/mol. The Morgan fingerprint density at radius 1 is 0.397 bits per heavy atom. The van der Waals surface area contributed by atoms with E-state index >= 15 is 0 Å². The van der Waals surface area contributed by atoms with Crippen molar-refractivity contribution < 1.29 is 57.3 Å². The summed E-state index contributed by atoms with van der Waals surface area (Å²) in [6.45, 7) is 2.48. The highest BCUT2D eigenvalue weighted by Crippen LogP contribution is 2.34. The topological polar surface area (TPSA) is 130 Å². The molecule has 6 aromatic rings. The lowest BCUT2D eigenvalue weighted by atomic mass is 9.97. The fraction of sp³-hybridized carbons (Fsp3) is 0.339. The molecule has 2 heterocycles. The molecule has 2 aliphatic heterocycles. The standard InChI is InChI=1S/C56H60O12/c1-40(57)66-50-47(38-59-32-41-20-8-2-9-21-41)68-56(54(64-37-46-30-18-7-19-31-46)52(50)62-35-44-26-14-5-15-27-44)65-39-48-49(60-33-42-22-10-3-11-23-42)51(61-34-43-24-12-4-13-25-43)53(55(58)67-48)63-36-45-28-16-6-17-29-45/h2-31,47-56,58H,32-39H2,1H3/t47-,48-,49-,50+,51+,52+,53-,54-,55+,56+/m1/s1. The van der Waals surface area contributed by atoms with Crippen molar-refractivity contribution in [3.8, 4) is 0 Å². The third-order valence-electron chi connectivity index (χ3n) is 11.7. The van der Waals surface area contributed by atoms with E-state index in [-0.39, 0.29) is 52.9 Å². The summed E-state index contributed by atoms with van der Waals surface area (Å²) in [5.41, 5.74) is 5.56. The number of ether oxygens (including phenoxy) is 10. The van der Waals surface area contributed by atoms with Gasteiger partial charge in [-0.05, 0) is 33.4 Å². The summed E-state index contributed by atoms with van der Waals surface area (Å²) in [6, 6.07) is 58.6. The third kappa shape index (κ3) is 14.2. The van der Waals surface area contributed by atoms with E-state index in [2.05, 4.69) is 0 Å². The molecular formula is C56H60O12. The Kier molecular flexibility index (Phi) is 18.4. The van der Waals surface area contributed by atoms with Crippen LogP contribution in [0.2, 0.25) is 0 Å². The second kappa shape index (κ2) is 25.7. The molecule has 0 aliphatic carbocycles. The summed E-state index contributed by atoms with van der Waals surface area (Å²) in [5.74, 6) is -0.519. The van der Waals surface area contributed by atoms with Crippen LogP contribution in [0.25, 0.3) is 0 Å². The SMILES string of the molecule is CC(=O)O[C@@H]1[C@H](OCc2ccccc2)[C@@H](OCc2ccccc2)[C@@H](OC[C@H]2O[C@H](O)[C@H](OCc3ccccc3)[C@@H](OCc3ccccc3)[C@@H]2OCc2ccccc2)O[C@@H]1COCc1ccccc1. The molecule has 2 aliphatic rings. The summed E-state index contributed by atoms with van der Waals surface area (Å²) in [5, 5.41) is 11.9. The van der Waals surface area contributed by atoms with Crippen LogP contribution in [0.15, 0.2) is 182 Å². The van der Waals surface area contributed by atoms with Gasteiger partial charge in [0, 0.05) is 6.92 Å². The lowest BCUT2D eigenvalue weighted by molar-refractivity contribution is -0.346. The Morgan fingerprint density at radius 3 is 1.15 bits per heavy atom. The molecule has 8 rings (SSSR count). The number of benzene rings is 6. The van der Waals surface area contributed by atoms with Crippen LogP contribution in [0.1, 0.15) is 40.3 Å². The molecule has 0 aromatic heterocycles. The fourth-order valence-corrected chi connectivity index (χ4v) is 8.33. The smallest absolute Gasteiger partial charge is 0.303 e. The normalized spacial score (nSPS) is 24.9. The molecule has 10 atom stereocenters. The maximum atomic E-state index is 12.9. The van der Waals surface area contributed by atoms with Crippen LogP contribution in [0.5, 0.6) is 0 Å². The Labute approximate surface area is 398 Å². The van der Waals surface area contributed by atoms with Crippen molar-refractivity contribution in [1.82, 2.24) is 0 Å². The van der Waals surface area contributed by atoms with Crippen LogP contribution in [0.4, 0.5) is 0 Å². The summed E-state index contributed by atoms with van der Waals surface area (Å²) in [4.78, 5) is 12.9. The van der Waals surface area contributed by atoms with Gasteiger partial charge in [-0.2, -0.15) is 0 Å². The average Bonchev–Trinajstić information content (AvgIpc) is 3.38. The number of hydrogen-bond donors (Lipinski definition) is 1. The fourth-order valence-electron chi connectivity index (χ4n) is 8.33. The Hall–Kier alpha value is -5.61. The van der Waals surface area contributed by atoms with Gasteiger partial charge in [0.25, 0.3) is 0 Å². The van der Waals surface area contributed by atoms with Gasteiger partial charge < -0.3 is 52.5 Å². The van der Waals surface area contributed by atoms with E-state index in [1.165, 1.54) is 6.92 Å². The van der Waals surface area contributed by atoms with Crippen LogP contribution in [0.3, 0.4) is 0 Å². The number of hydrogen-bond acceptors (Lipinski definition) is 12. The molecule has 12 nitrogen and oxygen atoms in total. The zero-order valence-electron chi connectivity index (χ0n) is 38.2. The zero-order chi connectivity index (χ0) is 46.8. The first kappa shape index (κ1) is 48.8. The van der Waals surface area contributed by atoms with Crippen molar-refractivity contribution in [1.29, 1.82) is 0 Å². The van der Waals surface area contributed by atoms with Crippen LogP contribution < -0.4 is 0 Å². The third-order valence-corrected chi connectivity index (χ3v) is 11.7. The predicted molar refractivity (Wildman–Crippen MR) is 252 cm³/mol. The summed E-state index contributed by atoms with van der Waals surface area (Å²) >= 11 is 0. The molecule has 0 amide bonds. The highest BCUT2D eigenvalue weighted by Gasteiger charge is 2.52. The van der Waals surface area contributed by atoms with Crippen LogP contribution in [-0.4, -0.2) is 85.7 Å². The van der Waals surface area contributed by atoms with Gasteiger partial charge in [-0.25, -0.2) is 0 Å². The quantitative estimate of drug-likeness (QED) is 0.0619. The van der Waals surface area contributed by atoms with E-state index in [0.29, 0.717) is 0 Å². The van der Waals surface area contributed by atoms with E-state index in [1.807, 2.05) is 182 Å². The van der Waals surface area contributed by atoms with Crippen molar-refractivity contribution in [3.05, 3.63) is 215 Å². The molecule has 0 spiro atoms. The van der Waals surface area contributed by atoms with Crippen molar-refractivity contribution in [3.63, 3.8) is 0 Å². The summed E-state index contributed by atoms with van der Waals surface area (Å²) in [6.07, 6.45) is -9.72. The van der Waals surface area contributed by atoms with E-state index < -0.39 is 67.4 Å². The Balaban J connectivity index is 1.11. The second-order valence-electron chi connectivity index (χ2n) is 16.8. The molecule has 68 heavy (non-hydrogen) atoms. The largest absolute Gasteiger partial charge is 0.457 e. The number of carbonyl (C=O) groups is 1.